The molecule has 0 aliphatic heterocycles. The molecule has 2 nitrogen and oxygen atoms in total. The van der Waals surface area contributed by atoms with Gasteiger partial charge >= 0.3 is 35.8 Å². The third-order valence-corrected chi connectivity index (χ3v) is 3.37. The minimum Gasteiger partial charge on any atom is -0.333 e. The lowest BCUT2D eigenvalue weighted by atomic mass is 9.93. The summed E-state index contributed by atoms with van der Waals surface area (Å²) in [5.41, 5.74) is 0. The zero-order chi connectivity index (χ0) is 23.0. The fourth-order valence-electron chi connectivity index (χ4n) is 1.81. The summed E-state index contributed by atoms with van der Waals surface area (Å²) in [6.45, 7) is 0.515. The molecule has 0 saturated heterocycles. The van der Waals surface area contributed by atoms with E-state index in [0.29, 0.717) is 0 Å². The number of hydrogen-bond donors (Lipinski definition) is 0. The van der Waals surface area contributed by atoms with Crippen LogP contribution < -0.4 is 0 Å². The van der Waals surface area contributed by atoms with Gasteiger partial charge in [0, 0.05) is 6.54 Å². The number of rotatable bonds is 9. The zero-order valence-corrected chi connectivity index (χ0v) is 13.7. The second-order valence-corrected chi connectivity index (χ2v) is 5.46. The Morgan fingerprint density at radius 2 is 1.18 bits per heavy atom. The highest BCUT2D eigenvalue weighted by Gasteiger charge is 2.90. The van der Waals surface area contributed by atoms with Crippen LogP contribution in [0.15, 0.2) is 12.7 Å². The fourth-order valence-corrected chi connectivity index (χ4v) is 1.81. The normalized spacial score (nSPS) is 14.8. The predicted molar refractivity (Wildman–Crippen MR) is 67.9 cm³/mol. The Kier molecular flexibility index (Phi) is 7.15. The van der Waals surface area contributed by atoms with E-state index >= 15 is 0 Å². The Balaban J connectivity index is 6.23. The fraction of sp³-hybridized carbons (Fsp3) is 0.769. The summed E-state index contributed by atoms with van der Waals surface area (Å²) in [6, 6.07) is 0. The van der Waals surface area contributed by atoms with E-state index in [1.54, 1.807) is 0 Å². The maximum Gasteiger partial charge on any atom is 0.460 e. The highest BCUT2D eigenvalue weighted by Crippen LogP contribution is 2.60. The summed E-state index contributed by atoms with van der Waals surface area (Å²) in [5.74, 6) is -38.9. The lowest BCUT2D eigenvalue weighted by Gasteiger charge is -2.40. The largest absolute Gasteiger partial charge is 0.460 e. The molecule has 0 aromatic rings. The van der Waals surface area contributed by atoms with Gasteiger partial charge in [0.15, 0.2) is 0 Å². The smallest absolute Gasteiger partial charge is 0.333 e. The molecular weight excluding hydrogens is 433 g/mol. The van der Waals surface area contributed by atoms with Gasteiger partial charge in [-0.3, -0.25) is 4.79 Å². The first-order valence-corrected chi connectivity index (χ1v) is 7.02. The van der Waals surface area contributed by atoms with Gasteiger partial charge in [0.25, 0.3) is 0 Å². The van der Waals surface area contributed by atoms with Crippen LogP contribution in [0, 0.1) is 0 Å². The molecule has 0 aromatic heterocycles. The summed E-state index contributed by atoms with van der Waals surface area (Å²) in [4.78, 5) is 11.0. The number of nitrogens with zero attached hydrogens (tertiary/aromatic N) is 1. The molecule has 0 N–H and O–H groups in total. The summed E-state index contributed by atoms with van der Waals surface area (Å²) in [5, 5.41) is 0. The molecule has 0 rings (SSSR count). The lowest BCUT2D eigenvalue weighted by molar-refractivity contribution is -0.440. The SMILES string of the molecule is C=CC(=O)N(CCC)CC(F)(F)C(F)(F)C(F)(F)C(F)(F)C(F)(F)C(F)(F)F. The highest BCUT2D eigenvalue weighted by molar-refractivity contribution is 5.87. The molecule has 0 aliphatic rings. The van der Waals surface area contributed by atoms with Crippen LogP contribution in [0.2, 0.25) is 0 Å². The molecule has 0 heterocycles. The molecule has 0 fully saturated rings. The van der Waals surface area contributed by atoms with E-state index < -0.39 is 54.8 Å². The number of hydrogen-bond acceptors (Lipinski definition) is 1. The average molecular weight is 445 g/mol. The van der Waals surface area contributed by atoms with Crippen LogP contribution in [-0.2, 0) is 4.79 Å². The second kappa shape index (κ2) is 7.61. The summed E-state index contributed by atoms with van der Waals surface area (Å²) in [7, 11) is 0. The first-order valence-electron chi connectivity index (χ1n) is 7.02. The Bertz CT molecular complexity index is 581. The van der Waals surface area contributed by atoms with Crippen molar-refractivity contribution < 1.29 is 61.9 Å². The first kappa shape index (κ1) is 26.3. The topological polar surface area (TPSA) is 20.3 Å². The van der Waals surface area contributed by atoms with Crippen LogP contribution in [0.5, 0.6) is 0 Å². The molecule has 28 heavy (non-hydrogen) atoms. The van der Waals surface area contributed by atoms with Gasteiger partial charge in [0.1, 0.15) is 0 Å². The summed E-state index contributed by atoms with van der Waals surface area (Å²) in [6.07, 6.45) is -7.41. The molecular formula is C13H12F13NO. The van der Waals surface area contributed by atoms with Gasteiger partial charge in [-0.1, -0.05) is 13.5 Å². The minimum absolute atomic E-state index is 0.222. The van der Waals surface area contributed by atoms with Crippen LogP contribution in [0.3, 0.4) is 0 Å². The molecule has 0 atom stereocenters. The molecule has 15 heteroatoms. The van der Waals surface area contributed by atoms with E-state index in [9.17, 15) is 61.9 Å². The standard InChI is InChI=1S/C13H12F13NO/c1-3-5-27(7(28)4-2)6-8(14,15)9(16,17)10(18,19)11(20,21)12(22,23)13(24,25)26/h4H,2-3,5-6H2,1H3. The third-order valence-electron chi connectivity index (χ3n) is 3.37. The van der Waals surface area contributed by atoms with E-state index in [1.165, 1.54) is 6.92 Å². The number of amides is 1. The molecule has 0 aliphatic carbocycles. The first-order chi connectivity index (χ1) is 12.2. The molecule has 166 valence electrons. The van der Waals surface area contributed by atoms with Crippen molar-refractivity contribution in [2.24, 2.45) is 0 Å². The quantitative estimate of drug-likeness (QED) is 0.355. The Morgan fingerprint density at radius 1 is 0.786 bits per heavy atom. The molecule has 0 spiro atoms. The molecule has 1 amide bonds. The van der Waals surface area contributed by atoms with Crippen molar-refractivity contribution in [3.05, 3.63) is 12.7 Å². The van der Waals surface area contributed by atoms with Gasteiger partial charge in [0.2, 0.25) is 5.91 Å². The van der Waals surface area contributed by atoms with E-state index in [0.717, 1.165) is 0 Å². The molecule has 0 bridgehead atoms. The van der Waals surface area contributed by atoms with Crippen molar-refractivity contribution in [1.29, 1.82) is 0 Å². The van der Waals surface area contributed by atoms with E-state index in [4.69, 9.17) is 0 Å². The van der Waals surface area contributed by atoms with Crippen molar-refractivity contribution in [2.45, 2.75) is 49.1 Å². The van der Waals surface area contributed by atoms with Crippen LogP contribution in [0.25, 0.3) is 0 Å². The minimum atomic E-state index is -7.96. The monoisotopic (exact) mass is 445 g/mol. The molecule has 0 saturated carbocycles. The zero-order valence-electron chi connectivity index (χ0n) is 13.7. The number of carbonyl (C=O) groups is 1. The second-order valence-electron chi connectivity index (χ2n) is 5.46. The van der Waals surface area contributed by atoms with Crippen molar-refractivity contribution in [3.63, 3.8) is 0 Å². The van der Waals surface area contributed by atoms with Crippen LogP contribution in [0.4, 0.5) is 57.1 Å². The van der Waals surface area contributed by atoms with Crippen LogP contribution >= 0.6 is 0 Å². The van der Waals surface area contributed by atoms with Crippen molar-refractivity contribution in [2.75, 3.05) is 13.1 Å². The number of halogens is 13. The highest BCUT2D eigenvalue weighted by atomic mass is 19.4. The van der Waals surface area contributed by atoms with Gasteiger partial charge in [-0.05, 0) is 12.5 Å². The summed E-state index contributed by atoms with van der Waals surface area (Å²) >= 11 is 0. The maximum absolute atomic E-state index is 13.7. The Morgan fingerprint density at radius 3 is 1.50 bits per heavy atom. The van der Waals surface area contributed by atoms with Gasteiger partial charge in [-0.25, -0.2) is 0 Å². The van der Waals surface area contributed by atoms with Gasteiger partial charge in [0.05, 0.1) is 6.54 Å². The van der Waals surface area contributed by atoms with Gasteiger partial charge < -0.3 is 4.90 Å². The van der Waals surface area contributed by atoms with Crippen LogP contribution in [-0.4, -0.2) is 59.7 Å². The van der Waals surface area contributed by atoms with E-state index in [1.807, 2.05) is 0 Å². The van der Waals surface area contributed by atoms with Gasteiger partial charge in [-0.15, -0.1) is 0 Å². The Labute approximate surface area is 149 Å². The number of alkyl halides is 13. The summed E-state index contributed by atoms with van der Waals surface area (Å²) < 4.78 is 168. The molecule has 0 radical (unpaired) electrons. The predicted octanol–water partition coefficient (Wildman–Crippen LogP) is 5.15. The van der Waals surface area contributed by atoms with Crippen molar-refractivity contribution in [1.82, 2.24) is 4.90 Å². The molecule has 0 unspecified atom stereocenters. The lowest BCUT2D eigenvalue weighted by Crippen LogP contribution is -2.71. The molecule has 0 aromatic carbocycles. The third kappa shape index (κ3) is 4.02. The van der Waals surface area contributed by atoms with E-state index in [-0.39, 0.29) is 17.4 Å². The average Bonchev–Trinajstić information content (AvgIpc) is 2.51. The maximum atomic E-state index is 13.7. The van der Waals surface area contributed by atoms with E-state index in [2.05, 4.69) is 6.58 Å². The van der Waals surface area contributed by atoms with Crippen molar-refractivity contribution >= 4 is 5.91 Å². The Hall–Kier alpha value is -1.70. The van der Waals surface area contributed by atoms with Crippen molar-refractivity contribution in [3.8, 4) is 0 Å². The van der Waals surface area contributed by atoms with Crippen LogP contribution in [0.1, 0.15) is 13.3 Å². The van der Waals surface area contributed by atoms with Gasteiger partial charge in [-0.2, -0.15) is 57.1 Å². The number of carbonyl (C=O) groups excluding carboxylic acids is 1.